The van der Waals surface area contributed by atoms with Crippen LogP contribution >= 0.6 is 0 Å². The highest BCUT2D eigenvalue weighted by molar-refractivity contribution is 5.79. The highest BCUT2D eigenvalue weighted by Gasteiger charge is 2.29. The lowest BCUT2D eigenvalue weighted by molar-refractivity contribution is -0.130. The van der Waals surface area contributed by atoms with Crippen LogP contribution in [0.4, 0.5) is 4.39 Å². The Morgan fingerprint density at radius 1 is 1.53 bits per heavy atom. The first kappa shape index (κ1) is 10.1. The van der Waals surface area contributed by atoms with E-state index in [2.05, 4.69) is 0 Å². The lowest BCUT2D eigenvalue weighted by Crippen LogP contribution is -2.25. The van der Waals surface area contributed by atoms with Gasteiger partial charge in [0.2, 0.25) is 5.91 Å². The third-order valence-corrected chi connectivity index (χ3v) is 2.71. The maximum Gasteiger partial charge on any atom is 0.225 e. The first-order valence-corrected chi connectivity index (χ1v) is 4.85. The number of hydrogen-bond acceptors (Lipinski definition) is 2. The molecule has 0 radical (unpaired) electrons. The summed E-state index contributed by atoms with van der Waals surface area (Å²) in [5.74, 6) is -0.366. The Kier molecular flexibility index (Phi) is 2.68. The third kappa shape index (κ3) is 1.99. The molecular weight excluding hydrogens is 197 g/mol. The maximum atomic E-state index is 12.9. The van der Waals surface area contributed by atoms with Gasteiger partial charge in [-0.3, -0.25) is 4.79 Å². The Morgan fingerprint density at radius 2 is 2.33 bits per heavy atom. The fraction of sp³-hybridized carbons (Fsp3) is 0.364. The first-order chi connectivity index (χ1) is 7.20. The molecule has 1 aromatic carbocycles. The van der Waals surface area contributed by atoms with E-state index in [1.54, 1.807) is 6.07 Å². The molecule has 1 fully saturated rings. The minimum absolute atomic E-state index is 0.000324. The van der Waals surface area contributed by atoms with E-state index in [1.165, 1.54) is 17.0 Å². The molecule has 4 heteroatoms. The minimum Gasteiger partial charge on any atom is -0.376 e. The van der Waals surface area contributed by atoms with Crippen molar-refractivity contribution < 1.29 is 14.3 Å². The number of carbonyl (C=O) groups is 1. The zero-order chi connectivity index (χ0) is 10.8. The molecule has 1 amide bonds. The van der Waals surface area contributed by atoms with Crippen molar-refractivity contribution in [1.82, 2.24) is 4.90 Å². The van der Waals surface area contributed by atoms with Crippen LogP contribution in [0.1, 0.15) is 17.9 Å². The molecule has 0 saturated carbocycles. The van der Waals surface area contributed by atoms with Gasteiger partial charge in [-0.2, -0.15) is 0 Å². The largest absolute Gasteiger partial charge is 0.376 e. The van der Waals surface area contributed by atoms with Crippen LogP contribution in [0, 0.1) is 5.82 Å². The van der Waals surface area contributed by atoms with Crippen molar-refractivity contribution in [1.29, 1.82) is 0 Å². The van der Waals surface area contributed by atoms with Crippen molar-refractivity contribution in [3.8, 4) is 0 Å². The van der Waals surface area contributed by atoms with Crippen LogP contribution in [0.2, 0.25) is 0 Å². The second kappa shape index (κ2) is 3.98. The van der Waals surface area contributed by atoms with Crippen molar-refractivity contribution >= 4 is 5.91 Å². The van der Waals surface area contributed by atoms with Crippen LogP contribution in [-0.4, -0.2) is 29.2 Å². The van der Waals surface area contributed by atoms with Crippen molar-refractivity contribution in [2.24, 2.45) is 0 Å². The summed E-state index contributed by atoms with van der Waals surface area (Å²) in [5.41, 5.74) is 0.819. The van der Waals surface area contributed by atoms with Gasteiger partial charge >= 0.3 is 0 Å². The van der Waals surface area contributed by atoms with Crippen LogP contribution in [0.3, 0.4) is 0 Å². The number of carbonyl (C=O) groups excluding carboxylic acids is 1. The van der Waals surface area contributed by atoms with Crippen molar-refractivity contribution in [3.05, 3.63) is 35.6 Å². The molecule has 1 atom stereocenters. The molecule has 3 nitrogen and oxygen atoms in total. The highest BCUT2D eigenvalue weighted by Crippen LogP contribution is 2.27. The molecule has 1 aliphatic rings. The van der Waals surface area contributed by atoms with Gasteiger partial charge in [-0.05, 0) is 17.7 Å². The van der Waals surface area contributed by atoms with Gasteiger partial charge in [-0.25, -0.2) is 4.39 Å². The van der Waals surface area contributed by atoms with E-state index in [9.17, 15) is 9.18 Å². The number of aliphatic hydroxyl groups excluding tert-OH is 1. The quantitative estimate of drug-likeness (QED) is 0.792. The smallest absolute Gasteiger partial charge is 0.225 e. The topological polar surface area (TPSA) is 40.5 Å². The molecule has 1 N–H and O–H groups in total. The standard InChI is InChI=1S/C11H12FNO2/c12-10-3-1-2-8(4-10)9-5-11(15)13(6-9)7-14/h1-4,9,14H,5-7H2. The normalized spacial score (nSPS) is 21.1. The van der Waals surface area contributed by atoms with Crippen LogP contribution in [-0.2, 0) is 4.79 Å². The van der Waals surface area contributed by atoms with E-state index < -0.39 is 0 Å². The summed E-state index contributed by atoms with van der Waals surface area (Å²) in [5, 5.41) is 8.89. The second-order valence-electron chi connectivity index (χ2n) is 3.71. The predicted molar refractivity (Wildman–Crippen MR) is 52.6 cm³/mol. The molecule has 2 rings (SSSR count). The highest BCUT2D eigenvalue weighted by atomic mass is 19.1. The summed E-state index contributed by atoms with van der Waals surface area (Å²) >= 11 is 0. The Labute approximate surface area is 87.1 Å². The molecule has 15 heavy (non-hydrogen) atoms. The number of nitrogens with zero attached hydrogens (tertiary/aromatic N) is 1. The van der Waals surface area contributed by atoms with Crippen molar-refractivity contribution in [3.63, 3.8) is 0 Å². The number of amides is 1. The minimum atomic E-state index is -0.289. The zero-order valence-electron chi connectivity index (χ0n) is 8.19. The molecule has 0 aliphatic carbocycles. The van der Waals surface area contributed by atoms with E-state index >= 15 is 0 Å². The zero-order valence-corrected chi connectivity index (χ0v) is 8.19. The summed E-state index contributed by atoms with van der Waals surface area (Å²) in [4.78, 5) is 12.7. The fourth-order valence-corrected chi connectivity index (χ4v) is 1.89. The number of likely N-dealkylation sites (tertiary alicyclic amines) is 1. The number of halogens is 1. The molecule has 1 heterocycles. The summed E-state index contributed by atoms with van der Waals surface area (Å²) in [6.45, 7) is 0.212. The third-order valence-electron chi connectivity index (χ3n) is 2.71. The van der Waals surface area contributed by atoms with E-state index in [0.717, 1.165) is 5.56 Å². The van der Waals surface area contributed by atoms with Gasteiger partial charge in [0.1, 0.15) is 12.5 Å². The Morgan fingerprint density at radius 3 is 2.93 bits per heavy atom. The van der Waals surface area contributed by atoms with Gasteiger partial charge in [0.15, 0.2) is 0 Å². The number of aliphatic hydroxyl groups is 1. The van der Waals surface area contributed by atoms with E-state index in [-0.39, 0.29) is 24.4 Å². The monoisotopic (exact) mass is 209 g/mol. The fourth-order valence-electron chi connectivity index (χ4n) is 1.89. The number of rotatable bonds is 2. The molecule has 80 valence electrons. The van der Waals surface area contributed by atoms with Crippen LogP contribution < -0.4 is 0 Å². The van der Waals surface area contributed by atoms with Gasteiger partial charge in [0.25, 0.3) is 0 Å². The molecule has 0 bridgehead atoms. The summed E-state index contributed by atoms with van der Waals surface area (Å²) in [6, 6.07) is 6.27. The van der Waals surface area contributed by atoms with Crippen LogP contribution in [0.25, 0.3) is 0 Å². The van der Waals surface area contributed by atoms with E-state index in [0.29, 0.717) is 13.0 Å². The van der Waals surface area contributed by atoms with Crippen molar-refractivity contribution in [2.45, 2.75) is 12.3 Å². The molecular formula is C11H12FNO2. The average Bonchev–Trinajstić information content (AvgIpc) is 2.60. The Balaban J connectivity index is 2.17. The van der Waals surface area contributed by atoms with Gasteiger partial charge in [0.05, 0.1) is 0 Å². The molecule has 1 saturated heterocycles. The summed E-state index contributed by atoms with van der Waals surface area (Å²) in [6.07, 6.45) is 0.351. The molecule has 1 unspecified atom stereocenters. The predicted octanol–water partition coefficient (Wildman–Crippen LogP) is 1.09. The summed E-state index contributed by atoms with van der Waals surface area (Å²) < 4.78 is 12.9. The first-order valence-electron chi connectivity index (χ1n) is 4.85. The van der Waals surface area contributed by atoms with Crippen molar-refractivity contribution in [2.75, 3.05) is 13.3 Å². The van der Waals surface area contributed by atoms with Gasteiger partial charge in [-0.1, -0.05) is 12.1 Å². The van der Waals surface area contributed by atoms with Crippen LogP contribution in [0.15, 0.2) is 24.3 Å². The molecule has 0 aromatic heterocycles. The Bertz CT molecular complexity index is 381. The molecule has 1 aromatic rings. The molecule has 1 aliphatic heterocycles. The van der Waals surface area contributed by atoms with Gasteiger partial charge in [0, 0.05) is 18.9 Å². The van der Waals surface area contributed by atoms with Gasteiger partial charge < -0.3 is 10.0 Å². The average molecular weight is 209 g/mol. The number of hydrogen-bond donors (Lipinski definition) is 1. The second-order valence-corrected chi connectivity index (χ2v) is 3.71. The van der Waals surface area contributed by atoms with Gasteiger partial charge in [-0.15, -0.1) is 0 Å². The number of benzene rings is 1. The van der Waals surface area contributed by atoms with E-state index in [4.69, 9.17) is 5.11 Å². The maximum absolute atomic E-state index is 12.9. The van der Waals surface area contributed by atoms with Crippen LogP contribution in [0.5, 0.6) is 0 Å². The SMILES string of the molecule is O=C1CC(c2cccc(F)c2)CN1CO. The summed E-state index contributed by atoms with van der Waals surface area (Å²) in [7, 11) is 0. The Hall–Kier alpha value is -1.42. The lowest BCUT2D eigenvalue weighted by Gasteiger charge is -2.12. The molecule has 0 spiro atoms. The van der Waals surface area contributed by atoms with E-state index in [1.807, 2.05) is 6.07 Å². The lowest BCUT2D eigenvalue weighted by atomic mass is 9.98.